The Morgan fingerprint density at radius 3 is 2.28 bits per heavy atom. The fourth-order valence-electron chi connectivity index (χ4n) is 2.12. The Kier molecular flexibility index (Phi) is 7.23. The van der Waals surface area contributed by atoms with Gasteiger partial charge in [0.1, 0.15) is 12.2 Å². The van der Waals surface area contributed by atoms with E-state index >= 15 is 0 Å². The third-order valence-corrected chi connectivity index (χ3v) is 4.19. The molecule has 2 rings (SSSR count). The molecule has 25 heavy (non-hydrogen) atoms. The molecule has 0 heterocycles. The second-order valence-electron chi connectivity index (χ2n) is 5.30. The van der Waals surface area contributed by atoms with Crippen LogP contribution in [-0.4, -0.2) is 24.6 Å². The lowest BCUT2D eigenvalue weighted by atomic mass is 10.1. The lowest BCUT2D eigenvalue weighted by molar-refractivity contribution is -0.139. The molecule has 0 aliphatic carbocycles. The van der Waals surface area contributed by atoms with E-state index in [4.69, 9.17) is 4.74 Å². The Bertz CT molecular complexity index is 775. The number of benzene rings is 2. The Morgan fingerprint density at radius 1 is 1.00 bits per heavy atom. The average Bonchev–Trinajstić information content (AvgIpc) is 2.64. The number of carbonyl (C=O) groups is 2. The monoisotopic (exact) mass is 352 g/mol. The fraction of sp³-hybridized carbons (Fsp3) is 0.143. The summed E-state index contributed by atoms with van der Waals surface area (Å²) in [6.45, 7) is 1.48. The van der Waals surface area contributed by atoms with Crippen LogP contribution in [-0.2, 0) is 14.3 Å². The van der Waals surface area contributed by atoms with E-state index in [0.717, 1.165) is 16.0 Å². The van der Waals surface area contributed by atoms with Crippen LogP contribution in [0.25, 0.3) is 12.2 Å². The molecule has 0 amide bonds. The summed E-state index contributed by atoms with van der Waals surface area (Å²) in [4.78, 5) is 25.1. The molecule has 0 aliphatic heterocycles. The minimum absolute atomic E-state index is 0.0463. The third kappa shape index (κ3) is 6.08. The minimum Gasteiger partial charge on any atom is -0.458 e. The molecular formula is C21H20O3S. The largest absolute Gasteiger partial charge is 0.458 e. The summed E-state index contributed by atoms with van der Waals surface area (Å²) >= 11 is 1.63. The molecular weight excluding hydrogens is 332 g/mol. The Labute approximate surface area is 152 Å². The predicted octanol–water partition coefficient (Wildman–Crippen LogP) is 4.64. The van der Waals surface area contributed by atoms with Gasteiger partial charge in [0, 0.05) is 4.90 Å². The van der Waals surface area contributed by atoms with E-state index in [0.29, 0.717) is 0 Å². The smallest absolute Gasteiger partial charge is 0.342 e. The molecule has 0 saturated heterocycles. The van der Waals surface area contributed by atoms with Gasteiger partial charge in [-0.15, -0.1) is 11.8 Å². The average molecular weight is 352 g/mol. The molecule has 0 spiro atoms. The van der Waals surface area contributed by atoms with Gasteiger partial charge in [-0.3, -0.25) is 4.79 Å². The Hall–Kier alpha value is -2.59. The van der Waals surface area contributed by atoms with Gasteiger partial charge < -0.3 is 4.74 Å². The van der Waals surface area contributed by atoms with Crippen molar-refractivity contribution in [1.82, 2.24) is 0 Å². The molecule has 0 fully saturated rings. The number of hydrogen-bond donors (Lipinski definition) is 0. The number of ketones is 1. The van der Waals surface area contributed by atoms with Crippen LogP contribution in [0.5, 0.6) is 0 Å². The third-order valence-electron chi connectivity index (χ3n) is 3.45. The van der Waals surface area contributed by atoms with Crippen molar-refractivity contribution in [2.45, 2.75) is 11.8 Å². The van der Waals surface area contributed by atoms with Gasteiger partial charge in [0.2, 0.25) is 0 Å². The van der Waals surface area contributed by atoms with Gasteiger partial charge in [0.05, 0.1) is 0 Å². The van der Waals surface area contributed by atoms with Crippen LogP contribution in [0.15, 0.2) is 71.1 Å². The normalized spacial score (nSPS) is 11.5. The van der Waals surface area contributed by atoms with E-state index in [9.17, 15) is 9.59 Å². The summed E-state index contributed by atoms with van der Waals surface area (Å²) in [5, 5.41) is 0. The van der Waals surface area contributed by atoms with Crippen LogP contribution < -0.4 is 0 Å². The van der Waals surface area contributed by atoms with Crippen molar-refractivity contribution < 1.29 is 14.3 Å². The van der Waals surface area contributed by atoms with E-state index in [1.165, 1.54) is 6.92 Å². The molecule has 0 N–H and O–H groups in total. The van der Waals surface area contributed by atoms with E-state index in [2.05, 4.69) is 0 Å². The topological polar surface area (TPSA) is 43.4 Å². The van der Waals surface area contributed by atoms with Crippen molar-refractivity contribution in [2.24, 2.45) is 0 Å². The summed E-state index contributed by atoms with van der Waals surface area (Å²) in [5.41, 5.74) is 1.86. The highest BCUT2D eigenvalue weighted by Crippen LogP contribution is 2.17. The molecule has 0 atom stereocenters. The van der Waals surface area contributed by atoms with Gasteiger partial charge in [0.15, 0.2) is 5.78 Å². The number of esters is 1. The van der Waals surface area contributed by atoms with E-state index in [-0.39, 0.29) is 18.0 Å². The molecule has 0 aromatic heterocycles. The molecule has 2 aromatic rings. The SMILES string of the molecule is CSc1ccc(C=C(C(C)=O)C(=O)OC/C=C/c2ccccc2)cc1. The summed E-state index contributed by atoms with van der Waals surface area (Å²) in [6, 6.07) is 17.4. The van der Waals surface area contributed by atoms with Gasteiger partial charge in [0.25, 0.3) is 0 Å². The molecule has 0 saturated carbocycles. The van der Waals surface area contributed by atoms with E-state index in [1.54, 1.807) is 23.9 Å². The van der Waals surface area contributed by atoms with E-state index in [1.807, 2.05) is 66.9 Å². The van der Waals surface area contributed by atoms with Crippen LogP contribution in [0.4, 0.5) is 0 Å². The summed E-state index contributed by atoms with van der Waals surface area (Å²) < 4.78 is 5.19. The number of rotatable bonds is 7. The maximum absolute atomic E-state index is 12.2. The number of thioether (sulfide) groups is 1. The zero-order valence-electron chi connectivity index (χ0n) is 14.3. The summed E-state index contributed by atoms with van der Waals surface area (Å²) in [7, 11) is 0. The number of carbonyl (C=O) groups excluding carboxylic acids is 2. The molecule has 0 radical (unpaired) electrons. The lowest BCUT2D eigenvalue weighted by Crippen LogP contribution is -2.13. The first-order chi connectivity index (χ1) is 12.1. The maximum Gasteiger partial charge on any atom is 0.342 e. The standard InChI is InChI=1S/C21H20O3S/c1-16(22)20(15-18-10-12-19(25-2)13-11-18)21(23)24-14-6-9-17-7-4-3-5-8-17/h3-13,15H,14H2,1-2H3/b9-6+,20-15?. The zero-order chi connectivity index (χ0) is 18.1. The minimum atomic E-state index is -0.612. The van der Waals surface area contributed by atoms with Crippen LogP contribution in [0.2, 0.25) is 0 Å². The molecule has 4 heteroatoms. The van der Waals surface area contributed by atoms with Crippen molar-refractivity contribution in [3.8, 4) is 0 Å². The molecule has 3 nitrogen and oxygen atoms in total. The first-order valence-electron chi connectivity index (χ1n) is 7.85. The fourth-order valence-corrected chi connectivity index (χ4v) is 2.53. The first kappa shape index (κ1) is 18.7. The number of hydrogen-bond acceptors (Lipinski definition) is 4. The molecule has 0 bridgehead atoms. The highest BCUT2D eigenvalue weighted by molar-refractivity contribution is 7.98. The second-order valence-corrected chi connectivity index (χ2v) is 6.18. The summed E-state index contributed by atoms with van der Waals surface area (Å²) in [5.74, 6) is -0.926. The molecule has 128 valence electrons. The highest BCUT2D eigenvalue weighted by atomic mass is 32.2. The highest BCUT2D eigenvalue weighted by Gasteiger charge is 2.15. The summed E-state index contributed by atoms with van der Waals surface area (Å²) in [6.07, 6.45) is 7.17. The number of Topliss-reactive ketones (excluding diaryl/α,β-unsaturated/α-hetero) is 1. The van der Waals surface area contributed by atoms with Gasteiger partial charge in [-0.1, -0.05) is 48.5 Å². The molecule has 2 aromatic carbocycles. The van der Waals surface area contributed by atoms with Crippen LogP contribution in [0.1, 0.15) is 18.1 Å². The van der Waals surface area contributed by atoms with Gasteiger partial charge >= 0.3 is 5.97 Å². The van der Waals surface area contributed by atoms with Crippen molar-refractivity contribution in [3.63, 3.8) is 0 Å². The second kappa shape index (κ2) is 9.64. The van der Waals surface area contributed by atoms with Gasteiger partial charge in [-0.05, 0) is 48.6 Å². The maximum atomic E-state index is 12.2. The van der Waals surface area contributed by atoms with Crippen molar-refractivity contribution in [3.05, 3.63) is 77.4 Å². The van der Waals surface area contributed by atoms with Crippen molar-refractivity contribution in [1.29, 1.82) is 0 Å². The van der Waals surface area contributed by atoms with Crippen molar-refractivity contribution >= 4 is 35.7 Å². The quantitative estimate of drug-likeness (QED) is 0.239. The lowest BCUT2D eigenvalue weighted by Gasteiger charge is -2.05. The van der Waals surface area contributed by atoms with Gasteiger partial charge in [-0.2, -0.15) is 0 Å². The first-order valence-corrected chi connectivity index (χ1v) is 9.08. The van der Waals surface area contributed by atoms with Crippen LogP contribution in [0, 0.1) is 0 Å². The van der Waals surface area contributed by atoms with Crippen LogP contribution in [0.3, 0.4) is 0 Å². The Balaban J connectivity index is 2.01. The van der Waals surface area contributed by atoms with Gasteiger partial charge in [-0.25, -0.2) is 4.79 Å². The molecule has 0 unspecified atom stereocenters. The van der Waals surface area contributed by atoms with Crippen LogP contribution >= 0.6 is 11.8 Å². The van der Waals surface area contributed by atoms with Crippen molar-refractivity contribution in [2.75, 3.05) is 12.9 Å². The van der Waals surface area contributed by atoms with E-state index < -0.39 is 5.97 Å². The Morgan fingerprint density at radius 2 is 1.68 bits per heavy atom. The predicted molar refractivity (Wildman–Crippen MR) is 103 cm³/mol. The number of ether oxygens (including phenoxy) is 1. The molecule has 0 aliphatic rings. The zero-order valence-corrected chi connectivity index (χ0v) is 15.1.